The molecule has 0 fully saturated rings. The molecular formula is C16H25N3O2. The number of nitrogens with zero attached hydrogens (tertiary/aromatic N) is 1. The summed E-state index contributed by atoms with van der Waals surface area (Å²) in [6, 6.07) is 7.54. The third-order valence-electron chi connectivity index (χ3n) is 3.45. The number of carbonyl (C=O) groups is 2. The lowest BCUT2D eigenvalue weighted by molar-refractivity contribution is -0.127. The number of nitrogens with one attached hydrogen (secondary N) is 2. The average Bonchev–Trinajstić information content (AvgIpc) is 2.47. The molecule has 116 valence electrons. The van der Waals surface area contributed by atoms with E-state index < -0.39 is 0 Å². The van der Waals surface area contributed by atoms with E-state index in [4.69, 9.17) is 0 Å². The van der Waals surface area contributed by atoms with E-state index in [1.165, 1.54) is 0 Å². The van der Waals surface area contributed by atoms with Crippen LogP contribution in [-0.2, 0) is 9.59 Å². The third-order valence-corrected chi connectivity index (χ3v) is 3.45. The Labute approximate surface area is 126 Å². The highest BCUT2D eigenvalue weighted by atomic mass is 16.2. The van der Waals surface area contributed by atoms with Gasteiger partial charge in [-0.25, -0.2) is 0 Å². The minimum absolute atomic E-state index is 0.00473. The van der Waals surface area contributed by atoms with Crippen LogP contribution in [0.25, 0.3) is 0 Å². The molecule has 0 heterocycles. The highest BCUT2D eigenvalue weighted by Gasteiger charge is 2.14. The predicted octanol–water partition coefficient (Wildman–Crippen LogP) is 2.24. The summed E-state index contributed by atoms with van der Waals surface area (Å²) in [5, 5.41) is 5.44. The topological polar surface area (TPSA) is 61.4 Å². The van der Waals surface area contributed by atoms with Crippen molar-refractivity contribution in [1.29, 1.82) is 0 Å². The van der Waals surface area contributed by atoms with Crippen LogP contribution in [0.15, 0.2) is 24.3 Å². The number of rotatable bonds is 7. The zero-order chi connectivity index (χ0) is 15.8. The molecule has 0 unspecified atom stereocenters. The number of amides is 2. The Hall–Kier alpha value is -2.04. The largest absolute Gasteiger partial charge is 0.378 e. The molecule has 0 aliphatic heterocycles. The molecule has 0 bridgehead atoms. The summed E-state index contributed by atoms with van der Waals surface area (Å²) in [7, 11) is 3.92. The number of carbonyl (C=O) groups excluding carboxylic acids is 2. The van der Waals surface area contributed by atoms with Crippen molar-refractivity contribution in [3.63, 3.8) is 0 Å². The Morgan fingerprint density at radius 1 is 1.10 bits per heavy atom. The van der Waals surface area contributed by atoms with Crippen molar-refractivity contribution < 1.29 is 9.59 Å². The molecule has 0 aromatic heterocycles. The normalized spacial score (nSPS) is 10.3. The molecule has 21 heavy (non-hydrogen) atoms. The maximum Gasteiger partial charge on any atom is 0.243 e. The summed E-state index contributed by atoms with van der Waals surface area (Å²) in [5.74, 6) is -0.290. The van der Waals surface area contributed by atoms with Crippen LogP contribution in [-0.4, -0.2) is 32.5 Å². The molecule has 0 aliphatic carbocycles. The van der Waals surface area contributed by atoms with Crippen molar-refractivity contribution in [2.24, 2.45) is 5.92 Å². The fourth-order valence-electron chi connectivity index (χ4n) is 2.02. The van der Waals surface area contributed by atoms with E-state index in [9.17, 15) is 9.59 Å². The van der Waals surface area contributed by atoms with Gasteiger partial charge in [0.1, 0.15) is 0 Å². The molecule has 1 rings (SSSR count). The lowest BCUT2D eigenvalue weighted by atomic mass is 10.0. The van der Waals surface area contributed by atoms with Crippen LogP contribution in [0.2, 0.25) is 0 Å². The van der Waals surface area contributed by atoms with E-state index in [0.717, 1.165) is 24.2 Å². The number of hydrogen-bond donors (Lipinski definition) is 2. The van der Waals surface area contributed by atoms with Gasteiger partial charge in [0.25, 0.3) is 0 Å². The van der Waals surface area contributed by atoms with E-state index in [1.807, 2.05) is 57.1 Å². The summed E-state index contributed by atoms with van der Waals surface area (Å²) in [4.78, 5) is 25.6. The van der Waals surface area contributed by atoms with Crippen LogP contribution in [0.4, 0.5) is 11.4 Å². The van der Waals surface area contributed by atoms with Crippen molar-refractivity contribution >= 4 is 23.2 Å². The van der Waals surface area contributed by atoms with E-state index in [1.54, 1.807) is 0 Å². The monoisotopic (exact) mass is 291 g/mol. The summed E-state index contributed by atoms with van der Waals surface area (Å²) in [6.45, 7) is 3.95. The Balaban J connectivity index is 2.45. The fourth-order valence-corrected chi connectivity index (χ4v) is 2.02. The van der Waals surface area contributed by atoms with Crippen LogP contribution in [0.1, 0.15) is 26.7 Å². The Kier molecular flexibility index (Phi) is 6.72. The highest BCUT2D eigenvalue weighted by Crippen LogP contribution is 2.15. The van der Waals surface area contributed by atoms with E-state index in [0.29, 0.717) is 0 Å². The van der Waals surface area contributed by atoms with Gasteiger partial charge in [-0.15, -0.1) is 0 Å². The second kappa shape index (κ2) is 8.29. The van der Waals surface area contributed by atoms with Crippen LogP contribution < -0.4 is 15.5 Å². The van der Waals surface area contributed by atoms with E-state index in [-0.39, 0.29) is 24.3 Å². The van der Waals surface area contributed by atoms with Crippen molar-refractivity contribution in [3.05, 3.63) is 24.3 Å². The van der Waals surface area contributed by atoms with Gasteiger partial charge in [-0.05, 0) is 37.1 Å². The van der Waals surface area contributed by atoms with Gasteiger partial charge in [-0.1, -0.05) is 13.8 Å². The first-order valence-corrected chi connectivity index (χ1v) is 7.32. The maximum absolute atomic E-state index is 11.8. The van der Waals surface area contributed by atoms with Crippen LogP contribution >= 0.6 is 0 Å². The molecule has 2 amide bonds. The second-order valence-electron chi connectivity index (χ2n) is 5.22. The zero-order valence-corrected chi connectivity index (χ0v) is 13.3. The Morgan fingerprint density at radius 3 is 2.14 bits per heavy atom. The van der Waals surface area contributed by atoms with Gasteiger partial charge in [0, 0.05) is 31.4 Å². The fraction of sp³-hybridized carbons (Fsp3) is 0.500. The third kappa shape index (κ3) is 5.45. The molecule has 0 radical (unpaired) electrons. The highest BCUT2D eigenvalue weighted by molar-refractivity contribution is 5.94. The molecule has 0 saturated carbocycles. The van der Waals surface area contributed by atoms with Crippen LogP contribution in [0.5, 0.6) is 0 Å². The lowest BCUT2D eigenvalue weighted by Crippen LogP contribution is -2.36. The van der Waals surface area contributed by atoms with Crippen LogP contribution in [0.3, 0.4) is 0 Å². The molecule has 0 aliphatic rings. The van der Waals surface area contributed by atoms with Gasteiger partial charge in [-0.2, -0.15) is 0 Å². The molecule has 0 saturated heterocycles. The van der Waals surface area contributed by atoms with Crippen molar-refractivity contribution in [2.75, 3.05) is 30.9 Å². The van der Waals surface area contributed by atoms with Crippen molar-refractivity contribution in [3.8, 4) is 0 Å². The van der Waals surface area contributed by atoms with Gasteiger partial charge in [-0.3, -0.25) is 9.59 Å². The molecule has 0 atom stereocenters. The average molecular weight is 291 g/mol. The second-order valence-corrected chi connectivity index (χ2v) is 5.22. The minimum Gasteiger partial charge on any atom is -0.378 e. The minimum atomic E-state index is -0.216. The smallest absolute Gasteiger partial charge is 0.243 e. The zero-order valence-electron chi connectivity index (χ0n) is 13.3. The first-order chi connectivity index (χ1) is 9.97. The standard InChI is InChI=1S/C16H25N3O2/c1-5-12(6-2)16(21)17-11-15(20)18-13-7-9-14(10-8-13)19(3)4/h7-10,12H,5-6,11H2,1-4H3,(H,17,21)(H,18,20). The van der Waals surface area contributed by atoms with Gasteiger partial charge in [0.05, 0.1) is 6.54 Å². The molecule has 1 aromatic carbocycles. The van der Waals surface area contributed by atoms with E-state index >= 15 is 0 Å². The summed E-state index contributed by atoms with van der Waals surface area (Å²) in [6.07, 6.45) is 1.58. The van der Waals surface area contributed by atoms with Crippen molar-refractivity contribution in [1.82, 2.24) is 5.32 Å². The molecule has 5 nitrogen and oxygen atoms in total. The number of benzene rings is 1. The van der Waals surface area contributed by atoms with Crippen LogP contribution in [0, 0.1) is 5.92 Å². The number of anilines is 2. The quantitative estimate of drug-likeness (QED) is 0.810. The molecular weight excluding hydrogens is 266 g/mol. The lowest BCUT2D eigenvalue weighted by Gasteiger charge is -2.14. The first-order valence-electron chi connectivity index (χ1n) is 7.32. The maximum atomic E-state index is 11.8. The Morgan fingerprint density at radius 2 is 1.67 bits per heavy atom. The Bertz CT molecular complexity index is 465. The molecule has 2 N–H and O–H groups in total. The molecule has 0 spiro atoms. The van der Waals surface area contributed by atoms with Gasteiger partial charge in [0.2, 0.25) is 11.8 Å². The van der Waals surface area contributed by atoms with Crippen molar-refractivity contribution in [2.45, 2.75) is 26.7 Å². The van der Waals surface area contributed by atoms with Gasteiger partial charge < -0.3 is 15.5 Å². The summed E-state index contributed by atoms with van der Waals surface area (Å²) in [5.41, 5.74) is 1.79. The first kappa shape index (κ1) is 17.0. The summed E-state index contributed by atoms with van der Waals surface area (Å²) >= 11 is 0. The predicted molar refractivity (Wildman–Crippen MR) is 86.5 cm³/mol. The van der Waals surface area contributed by atoms with E-state index in [2.05, 4.69) is 10.6 Å². The van der Waals surface area contributed by atoms with Gasteiger partial charge >= 0.3 is 0 Å². The number of hydrogen-bond acceptors (Lipinski definition) is 3. The molecule has 5 heteroatoms. The van der Waals surface area contributed by atoms with Gasteiger partial charge in [0.15, 0.2) is 0 Å². The summed E-state index contributed by atoms with van der Waals surface area (Å²) < 4.78 is 0. The molecule has 1 aromatic rings. The SMILES string of the molecule is CCC(CC)C(=O)NCC(=O)Nc1ccc(N(C)C)cc1.